The predicted molar refractivity (Wildman–Crippen MR) is 170 cm³/mol. The molecule has 4 heteroatoms. The molecule has 0 aromatic rings. The summed E-state index contributed by atoms with van der Waals surface area (Å²) in [6.07, 6.45) is 35.4. The summed E-state index contributed by atoms with van der Waals surface area (Å²) in [5.41, 5.74) is 0. The van der Waals surface area contributed by atoms with Crippen LogP contribution in [0.2, 0.25) is 0 Å². The molecule has 0 atom stereocenters. The van der Waals surface area contributed by atoms with Crippen molar-refractivity contribution in [3.63, 3.8) is 0 Å². The SMILES string of the molecule is CCCCCCCCC=CC=CC=CCCCC(=O)CCC=CCC(=O)CCCC(=O)CCCCCC(=O)CC. The Morgan fingerprint density at radius 3 is 1.62 bits per heavy atom. The fraction of sp³-hybridized carbons (Fsp3) is 0.667. The second-order valence-corrected chi connectivity index (χ2v) is 10.8. The van der Waals surface area contributed by atoms with Crippen molar-refractivity contribution in [1.82, 2.24) is 0 Å². The van der Waals surface area contributed by atoms with E-state index in [9.17, 15) is 19.2 Å². The van der Waals surface area contributed by atoms with Crippen LogP contribution in [0, 0.1) is 0 Å². The van der Waals surface area contributed by atoms with Crippen molar-refractivity contribution in [2.75, 3.05) is 0 Å². The maximum absolute atomic E-state index is 12.0. The van der Waals surface area contributed by atoms with Gasteiger partial charge in [0.1, 0.15) is 23.1 Å². The Labute approximate surface area is 245 Å². The predicted octanol–water partition coefficient (Wildman–Crippen LogP) is 10.1. The minimum atomic E-state index is 0.141. The summed E-state index contributed by atoms with van der Waals surface area (Å²) < 4.78 is 0. The van der Waals surface area contributed by atoms with E-state index < -0.39 is 0 Å². The van der Waals surface area contributed by atoms with E-state index in [0.717, 1.165) is 38.5 Å². The van der Waals surface area contributed by atoms with Crippen LogP contribution in [0.15, 0.2) is 48.6 Å². The molecule has 0 aliphatic rings. The zero-order valence-electron chi connectivity index (χ0n) is 25.8. The van der Waals surface area contributed by atoms with Crippen molar-refractivity contribution >= 4 is 23.1 Å². The zero-order valence-corrected chi connectivity index (χ0v) is 25.8. The molecular weight excluding hydrogens is 496 g/mol. The maximum Gasteiger partial charge on any atom is 0.136 e. The second-order valence-electron chi connectivity index (χ2n) is 10.8. The van der Waals surface area contributed by atoms with Crippen LogP contribution in [-0.4, -0.2) is 23.1 Å². The van der Waals surface area contributed by atoms with Crippen LogP contribution in [0.25, 0.3) is 0 Å². The van der Waals surface area contributed by atoms with E-state index >= 15 is 0 Å². The van der Waals surface area contributed by atoms with E-state index in [1.807, 2.05) is 25.2 Å². The van der Waals surface area contributed by atoms with Gasteiger partial charge in [-0.2, -0.15) is 0 Å². The smallest absolute Gasteiger partial charge is 0.136 e. The van der Waals surface area contributed by atoms with Crippen molar-refractivity contribution in [1.29, 1.82) is 0 Å². The molecule has 226 valence electrons. The quantitative estimate of drug-likeness (QED) is 0.0524. The highest BCUT2D eigenvalue weighted by atomic mass is 16.1. The molecule has 0 aromatic heterocycles. The lowest BCUT2D eigenvalue weighted by molar-refractivity contribution is -0.120. The molecule has 0 unspecified atom stereocenters. The van der Waals surface area contributed by atoms with Gasteiger partial charge in [-0.25, -0.2) is 0 Å². The average molecular weight is 555 g/mol. The Hall–Kier alpha value is -2.36. The van der Waals surface area contributed by atoms with Crippen LogP contribution < -0.4 is 0 Å². The van der Waals surface area contributed by atoms with Gasteiger partial charge in [-0.3, -0.25) is 19.2 Å². The number of hydrogen-bond acceptors (Lipinski definition) is 4. The summed E-state index contributed by atoms with van der Waals surface area (Å²) in [7, 11) is 0. The van der Waals surface area contributed by atoms with Crippen molar-refractivity contribution in [3.8, 4) is 0 Å². The molecule has 0 aliphatic carbocycles. The molecule has 0 fully saturated rings. The number of unbranched alkanes of at least 4 members (excludes halogenated alkanes) is 9. The first kappa shape index (κ1) is 37.6. The molecule has 0 aliphatic heterocycles. The van der Waals surface area contributed by atoms with Gasteiger partial charge < -0.3 is 0 Å². The van der Waals surface area contributed by atoms with Crippen molar-refractivity contribution in [2.45, 2.75) is 155 Å². The lowest BCUT2D eigenvalue weighted by Gasteiger charge is -2.01. The molecule has 0 rings (SSSR count). The zero-order chi connectivity index (χ0) is 29.5. The van der Waals surface area contributed by atoms with Crippen LogP contribution in [0.1, 0.15) is 155 Å². The molecule has 0 radical (unpaired) electrons. The molecule has 0 aromatic carbocycles. The van der Waals surface area contributed by atoms with E-state index in [1.165, 1.54) is 38.5 Å². The van der Waals surface area contributed by atoms with Gasteiger partial charge in [0.25, 0.3) is 0 Å². The standard InChI is InChI=1S/C36H58O4/c1-3-5-6-7-8-9-10-11-12-13-14-15-16-17-20-27-34(38)28-23-19-24-30-36(40)32-25-31-35(39)29-22-18-21-26-33(37)4-2/h11-16,19,24H,3-10,17-18,20-23,25-32H2,1-2H3. The topological polar surface area (TPSA) is 68.3 Å². The number of rotatable bonds is 29. The Balaban J connectivity index is 3.64. The Morgan fingerprint density at radius 1 is 0.400 bits per heavy atom. The molecule has 0 saturated carbocycles. The van der Waals surface area contributed by atoms with Gasteiger partial charge in [0.15, 0.2) is 0 Å². The van der Waals surface area contributed by atoms with E-state index in [0.29, 0.717) is 64.2 Å². The van der Waals surface area contributed by atoms with Crippen molar-refractivity contribution < 1.29 is 19.2 Å². The fourth-order valence-electron chi connectivity index (χ4n) is 4.35. The third-order valence-corrected chi connectivity index (χ3v) is 6.98. The van der Waals surface area contributed by atoms with Crippen molar-refractivity contribution in [3.05, 3.63) is 48.6 Å². The highest BCUT2D eigenvalue weighted by Crippen LogP contribution is 2.10. The van der Waals surface area contributed by atoms with Gasteiger partial charge in [0.05, 0.1) is 0 Å². The Bertz CT molecular complexity index is 785. The Kier molecular flexibility index (Phi) is 27.9. The van der Waals surface area contributed by atoms with Gasteiger partial charge >= 0.3 is 0 Å². The van der Waals surface area contributed by atoms with E-state index in [2.05, 4.69) is 37.3 Å². The van der Waals surface area contributed by atoms with Gasteiger partial charge in [0, 0.05) is 51.4 Å². The fourth-order valence-corrected chi connectivity index (χ4v) is 4.35. The molecule has 0 bridgehead atoms. The van der Waals surface area contributed by atoms with Gasteiger partial charge in [-0.15, -0.1) is 0 Å². The van der Waals surface area contributed by atoms with Gasteiger partial charge in [0.2, 0.25) is 0 Å². The first-order valence-electron chi connectivity index (χ1n) is 16.2. The van der Waals surface area contributed by atoms with Crippen LogP contribution in [0.5, 0.6) is 0 Å². The highest BCUT2D eigenvalue weighted by Gasteiger charge is 2.06. The largest absolute Gasteiger partial charge is 0.300 e. The average Bonchev–Trinajstić information content (AvgIpc) is 2.94. The first-order valence-corrected chi connectivity index (χ1v) is 16.2. The van der Waals surface area contributed by atoms with E-state index in [-0.39, 0.29) is 23.1 Å². The summed E-state index contributed by atoms with van der Waals surface area (Å²) in [5.74, 6) is 0.910. The summed E-state index contributed by atoms with van der Waals surface area (Å²) in [5, 5.41) is 0. The number of carbonyl (C=O) groups excluding carboxylic acids is 4. The number of carbonyl (C=O) groups is 4. The maximum atomic E-state index is 12.0. The van der Waals surface area contributed by atoms with Crippen LogP contribution >= 0.6 is 0 Å². The van der Waals surface area contributed by atoms with Crippen LogP contribution in [-0.2, 0) is 19.2 Å². The first-order chi connectivity index (χ1) is 19.5. The molecule has 0 spiro atoms. The summed E-state index contributed by atoms with van der Waals surface area (Å²) in [6.45, 7) is 4.13. The number of hydrogen-bond donors (Lipinski definition) is 0. The second kappa shape index (κ2) is 29.6. The summed E-state index contributed by atoms with van der Waals surface area (Å²) >= 11 is 0. The molecule has 0 amide bonds. The lowest BCUT2D eigenvalue weighted by atomic mass is 10.0. The molecule has 4 nitrogen and oxygen atoms in total. The molecular formula is C36H58O4. The monoisotopic (exact) mass is 554 g/mol. The number of ketones is 4. The lowest BCUT2D eigenvalue weighted by Crippen LogP contribution is -2.02. The van der Waals surface area contributed by atoms with Crippen LogP contribution in [0.4, 0.5) is 0 Å². The third kappa shape index (κ3) is 28.6. The van der Waals surface area contributed by atoms with Crippen LogP contribution in [0.3, 0.4) is 0 Å². The van der Waals surface area contributed by atoms with Gasteiger partial charge in [-0.1, -0.05) is 101 Å². The Morgan fingerprint density at radius 2 is 0.925 bits per heavy atom. The molecule has 0 N–H and O–H groups in total. The minimum absolute atomic E-state index is 0.141. The normalized spacial score (nSPS) is 11.9. The number of Topliss-reactive ketones (excluding diaryl/α,β-unsaturated/α-hetero) is 4. The highest BCUT2D eigenvalue weighted by molar-refractivity contribution is 5.82. The van der Waals surface area contributed by atoms with E-state index in [1.54, 1.807) is 0 Å². The minimum Gasteiger partial charge on any atom is -0.300 e. The van der Waals surface area contributed by atoms with Gasteiger partial charge in [-0.05, 0) is 51.4 Å². The summed E-state index contributed by atoms with van der Waals surface area (Å²) in [6, 6.07) is 0. The molecule has 0 saturated heterocycles. The van der Waals surface area contributed by atoms with E-state index in [4.69, 9.17) is 0 Å². The molecule has 40 heavy (non-hydrogen) atoms. The molecule has 0 heterocycles. The third-order valence-electron chi connectivity index (χ3n) is 6.98. The van der Waals surface area contributed by atoms with Crippen molar-refractivity contribution in [2.24, 2.45) is 0 Å². The summed E-state index contributed by atoms with van der Waals surface area (Å²) in [4.78, 5) is 47.2. The number of allylic oxidation sites excluding steroid dienone is 8.